The van der Waals surface area contributed by atoms with Gasteiger partial charge in [-0.15, -0.1) is 0 Å². The third-order valence-corrected chi connectivity index (χ3v) is 3.63. The van der Waals surface area contributed by atoms with Crippen molar-refractivity contribution in [1.29, 1.82) is 0 Å². The Morgan fingerprint density at radius 3 is 2.26 bits per heavy atom. The third kappa shape index (κ3) is 5.82. The van der Waals surface area contributed by atoms with E-state index in [4.69, 9.17) is 9.47 Å². The van der Waals surface area contributed by atoms with Crippen LogP contribution in [0.25, 0.3) is 0 Å². The average molecular weight is 328 g/mol. The van der Waals surface area contributed by atoms with Gasteiger partial charge in [0, 0.05) is 32.6 Å². The molecule has 132 valence electrons. The van der Waals surface area contributed by atoms with Crippen LogP contribution in [0.5, 0.6) is 0 Å². The number of methoxy groups -OCH3 is 1. The molecule has 0 N–H and O–H groups in total. The minimum Gasteiger partial charge on any atom is -0.468 e. The number of hydrogen-bond acceptors (Lipinski definition) is 6. The Morgan fingerprint density at radius 2 is 1.74 bits per heavy atom. The Morgan fingerprint density at radius 1 is 1.09 bits per heavy atom. The number of ether oxygens (including phenoxy) is 2. The van der Waals surface area contributed by atoms with Gasteiger partial charge in [0.25, 0.3) is 0 Å². The lowest BCUT2D eigenvalue weighted by atomic mass is 10.1. The number of hydrogen-bond donors (Lipinski definition) is 0. The molecular weight excluding hydrogens is 300 g/mol. The van der Waals surface area contributed by atoms with Crippen molar-refractivity contribution in [3.8, 4) is 0 Å². The molecule has 1 unspecified atom stereocenters. The Hall–Kier alpha value is -1.63. The number of amides is 1. The fourth-order valence-corrected chi connectivity index (χ4v) is 2.49. The van der Waals surface area contributed by atoms with Gasteiger partial charge in [-0.25, -0.2) is 9.59 Å². The van der Waals surface area contributed by atoms with Crippen molar-refractivity contribution in [1.82, 2.24) is 9.80 Å². The van der Waals surface area contributed by atoms with Crippen LogP contribution in [0.1, 0.15) is 40.5 Å². The van der Waals surface area contributed by atoms with E-state index in [0.717, 1.165) is 0 Å². The maximum Gasteiger partial charge on any atom is 0.410 e. The maximum absolute atomic E-state index is 12.1. The standard InChI is InChI=1S/C16H28N2O5/c1-6-12(19)13(14(20)22-5)17-8-7-9-18(11-10-17)15(21)23-16(2,3)4/h13H,6-11H2,1-5H3. The summed E-state index contributed by atoms with van der Waals surface area (Å²) in [6.07, 6.45) is 0.575. The van der Waals surface area contributed by atoms with E-state index in [1.807, 2.05) is 20.8 Å². The smallest absolute Gasteiger partial charge is 0.410 e. The second-order valence-electron chi connectivity index (χ2n) is 6.60. The highest BCUT2D eigenvalue weighted by atomic mass is 16.6. The zero-order chi connectivity index (χ0) is 17.6. The van der Waals surface area contributed by atoms with Gasteiger partial charge in [-0.1, -0.05) is 6.92 Å². The van der Waals surface area contributed by atoms with E-state index in [1.165, 1.54) is 7.11 Å². The summed E-state index contributed by atoms with van der Waals surface area (Å²) in [4.78, 5) is 39.6. The normalized spacial score (nSPS) is 18.0. The first-order valence-electron chi connectivity index (χ1n) is 8.02. The van der Waals surface area contributed by atoms with E-state index < -0.39 is 17.6 Å². The molecule has 0 spiro atoms. The number of carbonyl (C=O) groups is 3. The van der Waals surface area contributed by atoms with Gasteiger partial charge in [-0.2, -0.15) is 0 Å². The van der Waals surface area contributed by atoms with Gasteiger partial charge in [0.05, 0.1) is 7.11 Å². The minimum absolute atomic E-state index is 0.164. The van der Waals surface area contributed by atoms with Gasteiger partial charge in [-0.05, 0) is 27.2 Å². The highest BCUT2D eigenvalue weighted by Gasteiger charge is 2.34. The molecule has 0 bridgehead atoms. The molecule has 1 atom stereocenters. The molecule has 0 radical (unpaired) electrons. The Kier molecular flexibility index (Phi) is 7.00. The summed E-state index contributed by atoms with van der Waals surface area (Å²) in [6.45, 7) is 9.14. The summed E-state index contributed by atoms with van der Waals surface area (Å²) in [6, 6.07) is -0.886. The molecule has 0 aromatic carbocycles. The second kappa shape index (κ2) is 8.29. The van der Waals surface area contributed by atoms with E-state index in [2.05, 4.69) is 0 Å². The molecule has 23 heavy (non-hydrogen) atoms. The summed E-state index contributed by atoms with van der Waals surface area (Å²) < 4.78 is 10.1. The summed E-state index contributed by atoms with van der Waals surface area (Å²) in [7, 11) is 1.28. The number of ketones is 1. The lowest BCUT2D eigenvalue weighted by Gasteiger charge is -2.28. The summed E-state index contributed by atoms with van der Waals surface area (Å²) in [5, 5.41) is 0. The largest absolute Gasteiger partial charge is 0.468 e. The summed E-state index contributed by atoms with van der Waals surface area (Å²) in [5.74, 6) is -0.704. The van der Waals surface area contributed by atoms with Crippen LogP contribution < -0.4 is 0 Å². The number of rotatable bonds is 4. The van der Waals surface area contributed by atoms with Crippen LogP contribution in [0.4, 0.5) is 4.79 Å². The molecule has 1 fully saturated rings. The molecule has 1 rings (SSSR count). The van der Waals surface area contributed by atoms with Gasteiger partial charge < -0.3 is 14.4 Å². The predicted molar refractivity (Wildman–Crippen MR) is 85.1 cm³/mol. The van der Waals surface area contributed by atoms with Crippen molar-refractivity contribution in [2.75, 3.05) is 33.3 Å². The quantitative estimate of drug-likeness (QED) is 0.574. The van der Waals surface area contributed by atoms with Crippen LogP contribution in [0.2, 0.25) is 0 Å². The van der Waals surface area contributed by atoms with Crippen LogP contribution >= 0.6 is 0 Å². The van der Waals surface area contributed by atoms with Crippen molar-refractivity contribution >= 4 is 17.8 Å². The zero-order valence-electron chi connectivity index (χ0n) is 14.8. The molecule has 1 amide bonds. The lowest BCUT2D eigenvalue weighted by molar-refractivity contribution is -0.151. The molecule has 0 aromatic heterocycles. The Labute approximate surface area is 137 Å². The minimum atomic E-state index is -0.886. The van der Waals surface area contributed by atoms with E-state index in [1.54, 1.807) is 16.7 Å². The third-order valence-electron chi connectivity index (χ3n) is 3.63. The van der Waals surface area contributed by atoms with Gasteiger partial charge >= 0.3 is 12.1 Å². The van der Waals surface area contributed by atoms with Crippen molar-refractivity contribution in [2.45, 2.75) is 52.2 Å². The molecule has 0 saturated carbocycles. The SMILES string of the molecule is CCC(=O)C(C(=O)OC)N1CCCN(C(=O)OC(C)(C)C)CC1. The topological polar surface area (TPSA) is 76.2 Å². The Balaban J connectivity index is 2.74. The number of Topliss-reactive ketones (excluding diaryl/α,β-unsaturated/α-hetero) is 1. The number of esters is 1. The van der Waals surface area contributed by atoms with Gasteiger partial charge in [0.2, 0.25) is 0 Å². The van der Waals surface area contributed by atoms with Gasteiger partial charge in [-0.3, -0.25) is 9.69 Å². The highest BCUT2D eigenvalue weighted by Crippen LogP contribution is 2.14. The van der Waals surface area contributed by atoms with Crippen LogP contribution in [0, 0.1) is 0 Å². The molecule has 0 aliphatic carbocycles. The molecule has 0 aromatic rings. The zero-order valence-corrected chi connectivity index (χ0v) is 14.8. The first-order valence-corrected chi connectivity index (χ1v) is 8.02. The molecular formula is C16H28N2O5. The van der Waals surface area contributed by atoms with E-state index in [0.29, 0.717) is 32.6 Å². The molecule has 1 heterocycles. The van der Waals surface area contributed by atoms with E-state index >= 15 is 0 Å². The first kappa shape index (κ1) is 19.4. The number of carbonyl (C=O) groups excluding carboxylic acids is 3. The molecule has 1 aliphatic rings. The van der Waals surface area contributed by atoms with Crippen molar-refractivity contribution < 1.29 is 23.9 Å². The average Bonchev–Trinajstić information content (AvgIpc) is 2.71. The maximum atomic E-state index is 12.1. The Bertz CT molecular complexity index is 428. The lowest BCUT2D eigenvalue weighted by Crippen LogP contribution is -2.49. The number of nitrogens with zero attached hydrogens (tertiary/aromatic N) is 2. The van der Waals surface area contributed by atoms with Crippen LogP contribution in [-0.2, 0) is 19.1 Å². The fraction of sp³-hybridized carbons (Fsp3) is 0.812. The van der Waals surface area contributed by atoms with Crippen LogP contribution in [-0.4, -0.2) is 72.6 Å². The summed E-state index contributed by atoms with van der Waals surface area (Å²) in [5.41, 5.74) is -0.546. The van der Waals surface area contributed by atoms with Gasteiger partial charge in [0.1, 0.15) is 5.60 Å². The second-order valence-corrected chi connectivity index (χ2v) is 6.60. The molecule has 1 aliphatic heterocycles. The fourth-order valence-electron chi connectivity index (χ4n) is 2.49. The monoisotopic (exact) mass is 328 g/mol. The van der Waals surface area contributed by atoms with Crippen LogP contribution in [0.3, 0.4) is 0 Å². The van der Waals surface area contributed by atoms with Crippen LogP contribution in [0.15, 0.2) is 0 Å². The van der Waals surface area contributed by atoms with E-state index in [-0.39, 0.29) is 18.3 Å². The molecule has 7 heteroatoms. The summed E-state index contributed by atoms with van der Waals surface area (Å²) >= 11 is 0. The molecule has 1 saturated heterocycles. The predicted octanol–water partition coefficient (Wildman–Crippen LogP) is 1.45. The molecule has 7 nitrogen and oxygen atoms in total. The van der Waals surface area contributed by atoms with Crippen molar-refractivity contribution in [3.05, 3.63) is 0 Å². The first-order chi connectivity index (χ1) is 10.7. The van der Waals surface area contributed by atoms with Crippen molar-refractivity contribution in [2.24, 2.45) is 0 Å². The van der Waals surface area contributed by atoms with Gasteiger partial charge in [0.15, 0.2) is 11.8 Å². The van der Waals surface area contributed by atoms with Crippen molar-refractivity contribution in [3.63, 3.8) is 0 Å². The highest BCUT2D eigenvalue weighted by molar-refractivity contribution is 6.02. The van der Waals surface area contributed by atoms with E-state index in [9.17, 15) is 14.4 Å².